The van der Waals surface area contributed by atoms with Crippen LogP contribution in [0.3, 0.4) is 0 Å². The van der Waals surface area contributed by atoms with Crippen LogP contribution in [0.15, 0.2) is 76.7 Å². The van der Waals surface area contributed by atoms with E-state index in [2.05, 4.69) is 10.5 Å². The van der Waals surface area contributed by atoms with Crippen LogP contribution in [0.5, 0.6) is 5.75 Å². The van der Waals surface area contributed by atoms with Gasteiger partial charge in [0.15, 0.2) is 0 Å². The molecule has 0 bridgehead atoms. The number of nitrogens with zero attached hydrogens (tertiary/aromatic N) is 2. The number of para-hydroxylation sites is 1. The lowest BCUT2D eigenvalue weighted by molar-refractivity contribution is -0.121. The Balaban J connectivity index is 1.82. The van der Waals surface area contributed by atoms with Gasteiger partial charge in [-0.2, -0.15) is 9.41 Å². The zero-order valence-corrected chi connectivity index (χ0v) is 19.9. The van der Waals surface area contributed by atoms with E-state index in [0.717, 1.165) is 9.87 Å². The third-order valence-electron chi connectivity index (χ3n) is 4.65. The zero-order valence-electron chi connectivity index (χ0n) is 17.6. The molecular formula is C23H21Cl2N3O4S. The number of carbonyl (C=O) groups excluding carboxylic acids is 1. The number of aryl methyl sites for hydroxylation is 1. The van der Waals surface area contributed by atoms with Crippen molar-refractivity contribution in [1.29, 1.82) is 0 Å². The number of sulfonamides is 1. The summed E-state index contributed by atoms with van der Waals surface area (Å²) in [5, 5.41) is 14.2. The van der Waals surface area contributed by atoms with E-state index in [1.807, 2.05) is 6.92 Å². The molecular weight excluding hydrogens is 485 g/mol. The molecule has 0 saturated carbocycles. The highest BCUT2D eigenvalue weighted by Gasteiger charge is 2.27. The van der Waals surface area contributed by atoms with E-state index in [4.69, 9.17) is 23.2 Å². The first-order valence-electron chi connectivity index (χ1n) is 9.77. The number of phenols is 1. The van der Waals surface area contributed by atoms with Gasteiger partial charge in [-0.25, -0.2) is 13.8 Å². The van der Waals surface area contributed by atoms with Crippen molar-refractivity contribution in [2.45, 2.75) is 18.4 Å². The lowest BCUT2D eigenvalue weighted by Crippen LogP contribution is -2.39. The van der Waals surface area contributed by atoms with Crippen molar-refractivity contribution >= 4 is 45.3 Å². The van der Waals surface area contributed by atoms with E-state index < -0.39 is 22.5 Å². The number of aromatic hydroxyl groups is 1. The molecule has 0 aliphatic heterocycles. The second kappa shape index (κ2) is 10.8. The quantitative estimate of drug-likeness (QED) is 0.351. The minimum atomic E-state index is -4.01. The van der Waals surface area contributed by atoms with Gasteiger partial charge in [0.2, 0.25) is 10.0 Å². The smallest absolute Gasteiger partial charge is 0.255 e. The van der Waals surface area contributed by atoms with E-state index >= 15 is 0 Å². The first-order valence-corrected chi connectivity index (χ1v) is 12.0. The molecule has 0 radical (unpaired) electrons. The number of carbonyl (C=O) groups is 1. The van der Waals surface area contributed by atoms with Crippen LogP contribution < -0.4 is 5.43 Å². The lowest BCUT2D eigenvalue weighted by Gasteiger charge is -2.22. The summed E-state index contributed by atoms with van der Waals surface area (Å²) in [7, 11) is -4.01. The molecule has 2 N–H and O–H groups in total. The molecule has 172 valence electrons. The SMILES string of the molecule is Cc1ccc(S(=O)(=O)N(CC(=O)N/N=C/c2ccccc2O)Cc2ccc(Cl)c(Cl)c2)cc1. The Labute approximate surface area is 202 Å². The van der Waals surface area contributed by atoms with Crippen molar-refractivity contribution in [1.82, 2.24) is 9.73 Å². The number of nitrogens with one attached hydrogen (secondary N) is 1. The summed E-state index contributed by atoms with van der Waals surface area (Å²) >= 11 is 12.0. The van der Waals surface area contributed by atoms with Crippen molar-refractivity contribution in [3.63, 3.8) is 0 Å². The Morgan fingerprint density at radius 2 is 1.76 bits per heavy atom. The van der Waals surface area contributed by atoms with E-state index in [9.17, 15) is 18.3 Å². The topological polar surface area (TPSA) is 99.1 Å². The summed E-state index contributed by atoms with van der Waals surface area (Å²) in [5.41, 5.74) is 4.16. The van der Waals surface area contributed by atoms with Crippen LogP contribution in [0.1, 0.15) is 16.7 Å². The van der Waals surface area contributed by atoms with E-state index in [-0.39, 0.29) is 22.2 Å². The van der Waals surface area contributed by atoms with Crippen LogP contribution >= 0.6 is 23.2 Å². The minimum absolute atomic E-state index is 0.00121. The van der Waals surface area contributed by atoms with Crippen LogP contribution in [-0.4, -0.2) is 36.5 Å². The molecule has 3 aromatic rings. The molecule has 0 unspecified atom stereocenters. The first kappa shape index (κ1) is 24.7. The fraction of sp³-hybridized carbons (Fsp3) is 0.130. The second-order valence-electron chi connectivity index (χ2n) is 7.19. The standard InChI is InChI=1S/C23H21Cl2N3O4S/c1-16-6-9-19(10-7-16)33(31,32)28(14-17-8-11-20(24)21(25)12-17)15-23(30)27-26-13-18-4-2-3-5-22(18)29/h2-13,29H,14-15H2,1H3,(H,27,30)/b26-13+. The van der Waals surface area contributed by atoms with Gasteiger partial charge in [0, 0.05) is 12.1 Å². The summed E-state index contributed by atoms with van der Waals surface area (Å²) in [6.45, 7) is 1.25. The summed E-state index contributed by atoms with van der Waals surface area (Å²) < 4.78 is 27.6. The molecule has 0 spiro atoms. The van der Waals surface area contributed by atoms with Crippen molar-refractivity contribution in [3.05, 3.63) is 93.5 Å². The molecule has 1 amide bonds. The van der Waals surface area contributed by atoms with Crippen molar-refractivity contribution < 1.29 is 18.3 Å². The molecule has 0 fully saturated rings. The predicted molar refractivity (Wildman–Crippen MR) is 129 cm³/mol. The second-order valence-corrected chi connectivity index (χ2v) is 9.94. The zero-order chi connectivity index (χ0) is 24.0. The Morgan fingerprint density at radius 3 is 2.42 bits per heavy atom. The van der Waals surface area contributed by atoms with Gasteiger partial charge in [0.1, 0.15) is 5.75 Å². The molecule has 33 heavy (non-hydrogen) atoms. The highest BCUT2D eigenvalue weighted by molar-refractivity contribution is 7.89. The first-order chi connectivity index (χ1) is 15.7. The number of rotatable bonds is 8. The van der Waals surface area contributed by atoms with Gasteiger partial charge in [-0.3, -0.25) is 4.79 Å². The summed E-state index contributed by atoms with van der Waals surface area (Å²) in [6.07, 6.45) is 1.27. The summed E-state index contributed by atoms with van der Waals surface area (Å²) in [6, 6.07) is 17.5. The normalized spacial score (nSPS) is 11.8. The third-order valence-corrected chi connectivity index (χ3v) is 7.20. The molecule has 0 heterocycles. The number of phenolic OH excluding ortho intramolecular Hbond substituents is 1. The average molecular weight is 506 g/mol. The van der Waals surface area contributed by atoms with Crippen LogP contribution in [0.2, 0.25) is 10.0 Å². The molecule has 3 rings (SSSR count). The Bertz CT molecular complexity index is 1280. The van der Waals surface area contributed by atoms with Crippen LogP contribution in [0.4, 0.5) is 0 Å². The van der Waals surface area contributed by atoms with E-state index in [1.54, 1.807) is 48.5 Å². The maximum atomic E-state index is 13.3. The van der Waals surface area contributed by atoms with Gasteiger partial charge >= 0.3 is 0 Å². The van der Waals surface area contributed by atoms with Crippen LogP contribution in [0, 0.1) is 6.92 Å². The van der Waals surface area contributed by atoms with Crippen molar-refractivity contribution in [3.8, 4) is 5.75 Å². The molecule has 0 aromatic heterocycles. The number of amides is 1. The van der Waals surface area contributed by atoms with Crippen LogP contribution in [-0.2, 0) is 21.4 Å². The highest BCUT2D eigenvalue weighted by atomic mass is 35.5. The predicted octanol–water partition coefficient (Wildman–Crippen LogP) is 4.35. The lowest BCUT2D eigenvalue weighted by atomic mass is 10.2. The average Bonchev–Trinajstić information content (AvgIpc) is 2.77. The van der Waals surface area contributed by atoms with Gasteiger partial charge in [-0.1, -0.05) is 59.1 Å². The monoisotopic (exact) mass is 505 g/mol. The molecule has 0 aliphatic carbocycles. The van der Waals surface area contributed by atoms with Gasteiger partial charge in [-0.05, 0) is 48.9 Å². The fourth-order valence-electron chi connectivity index (χ4n) is 2.89. The maximum absolute atomic E-state index is 13.3. The number of hydrogen-bond donors (Lipinski definition) is 2. The number of halogens is 2. The Hall–Kier alpha value is -2.91. The van der Waals surface area contributed by atoms with Crippen molar-refractivity contribution in [2.24, 2.45) is 5.10 Å². The van der Waals surface area contributed by atoms with E-state index in [0.29, 0.717) is 16.1 Å². The number of hydrogen-bond acceptors (Lipinski definition) is 5. The summed E-state index contributed by atoms with van der Waals surface area (Å²) in [4.78, 5) is 12.6. The fourth-order valence-corrected chi connectivity index (χ4v) is 4.60. The maximum Gasteiger partial charge on any atom is 0.255 e. The Kier molecular flexibility index (Phi) is 8.10. The largest absolute Gasteiger partial charge is 0.507 e. The molecule has 7 nitrogen and oxygen atoms in total. The Morgan fingerprint density at radius 1 is 1.06 bits per heavy atom. The minimum Gasteiger partial charge on any atom is -0.507 e. The van der Waals surface area contributed by atoms with Gasteiger partial charge in [-0.15, -0.1) is 0 Å². The highest BCUT2D eigenvalue weighted by Crippen LogP contribution is 2.25. The number of benzene rings is 3. The molecule has 10 heteroatoms. The van der Waals surface area contributed by atoms with Gasteiger partial charge < -0.3 is 5.11 Å². The molecule has 0 saturated heterocycles. The third kappa shape index (κ3) is 6.55. The van der Waals surface area contributed by atoms with Gasteiger partial charge in [0.25, 0.3) is 5.91 Å². The molecule has 0 atom stereocenters. The van der Waals surface area contributed by atoms with E-state index in [1.165, 1.54) is 24.4 Å². The summed E-state index contributed by atoms with van der Waals surface area (Å²) in [5.74, 6) is -0.656. The van der Waals surface area contributed by atoms with Gasteiger partial charge in [0.05, 0.1) is 27.7 Å². The van der Waals surface area contributed by atoms with Crippen molar-refractivity contribution in [2.75, 3.05) is 6.54 Å². The molecule has 0 aliphatic rings. The molecule has 3 aromatic carbocycles. The number of hydrazone groups is 1. The van der Waals surface area contributed by atoms with Crippen LogP contribution in [0.25, 0.3) is 0 Å².